The van der Waals surface area contributed by atoms with Crippen LogP contribution in [-0.4, -0.2) is 60.0 Å². The number of ether oxygens (including phenoxy) is 1. The van der Waals surface area contributed by atoms with Crippen molar-refractivity contribution in [2.24, 2.45) is 22.4 Å². The van der Waals surface area contributed by atoms with Gasteiger partial charge in [0.2, 0.25) is 5.95 Å². The molecule has 172 valence electrons. The molecule has 5 N–H and O–H groups in total. The summed E-state index contributed by atoms with van der Waals surface area (Å²) in [7, 11) is 1.74. The molecule has 10 heteroatoms. The molecule has 1 aliphatic heterocycles. The van der Waals surface area contributed by atoms with Crippen molar-refractivity contribution < 1.29 is 13.9 Å². The molecular weight excluding hydrogens is 413 g/mol. The Kier molecular flexibility index (Phi) is 7.77. The Morgan fingerprint density at radius 2 is 2.19 bits per heavy atom. The van der Waals surface area contributed by atoms with Crippen molar-refractivity contribution in [3.05, 3.63) is 36.1 Å². The number of carbonyl (C=O) groups is 1. The summed E-state index contributed by atoms with van der Waals surface area (Å²) in [6.45, 7) is 2.98. The number of aromatic nitrogens is 1. The average molecular weight is 444 g/mol. The van der Waals surface area contributed by atoms with Gasteiger partial charge in [-0.05, 0) is 37.7 Å². The van der Waals surface area contributed by atoms with Gasteiger partial charge in [-0.3, -0.25) is 9.69 Å². The fourth-order valence-corrected chi connectivity index (χ4v) is 4.28. The third kappa shape index (κ3) is 6.02. The van der Waals surface area contributed by atoms with Crippen LogP contribution >= 0.6 is 0 Å². The molecule has 2 heterocycles. The third-order valence-corrected chi connectivity index (χ3v) is 6.28. The molecule has 2 aliphatic rings. The zero-order chi connectivity index (χ0) is 23.1. The second kappa shape index (κ2) is 10.5. The molecule has 1 amide bonds. The number of aliphatic imine (C=N–C) groups is 1. The number of amidine groups is 1. The van der Waals surface area contributed by atoms with Crippen LogP contribution < -0.4 is 16.8 Å². The summed E-state index contributed by atoms with van der Waals surface area (Å²) in [4.78, 5) is 21.9. The van der Waals surface area contributed by atoms with E-state index >= 15 is 0 Å². The van der Waals surface area contributed by atoms with Crippen molar-refractivity contribution in [1.29, 1.82) is 5.26 Å². The molecule has 0 bridgehead atoms. The summed E-state index contributed by atoms with van der Waals surface area (Å²) in [6.07, 6.45) is 6.86. The smallest absolute Gasteiger partial charge is 0.253 e. The van der Waals surface area contributed by atoms with Gasteiger partial charge in [0.05, 0.1) is 29.9 Å². The van der Waals surface area contributed by atoms with Crippen LogP contribution in [-0.2, 0) is 9.53 Å². The van der Waals surface area contributed by atoms with Gasteiger partial charge in [0.1, 0.15) is 5.84 Å². The first-order chi connectivity index (χ1) is 15.3. The molecule has 0 atom stereocenters. The van der Waals surface area contributed by atoms with Gasteiger partial charge >= 0.3 is 0 Å². The van der Waals surface area contributed by atoms with Gasteiger partial charge in [0, 0.05) is 50.7 Å². The Balaban J connectivity index is 1.66. The fourth-order valence-electron chi connectivity index (χ4n) is 4.28. The number of primary amides is 1. The highest BCUT2D eigenvalue weighted by molar-refractivity contribution is 6.20. The van der Waals surface area contributed by atoms with Crippen LogP contribution in [0, 0.1) is 23.2 Å². The third-order valence-electron chi connectivity index (χ3n) is 6.28. The van der Waals surface area contributed by atoms with E-state index in [1.807, 2.05) is 0 Å². The largest absolute Gasteiger partial charge is 0.384 e. The quantitative estimate of drug-likeness (QED) is 0.226. The molecule has 0 unspecified atom stereocenters. The van der Waals surface area contributed by atoms with Gasteiger partial charge in [-0.1, -0.05) is 0 Å². The number of carbonyl (C=O) groups excluding carboxylic acids is 1. The van der Waals surface area contributed by atoms with Crippen LogP contribution in [0.15, 0.2) is 35.1 Å². The standard InChI is InChI=1S/C22H30FN7O2/c1-32-17-13-30(14-17)12-15-2-5-22(6-3-15,7-8-24)28-11-18(21(26)31)20(25)29-16-4-9-27-19(23)10-16/h4,9-11,15,17,28H,2-3,5-7,12-14H2,1H3,(H2,26,31)(H2,25,27,29)/b18-11+. The SMILES string of the molecule is COC1CN(CC2CCC(CC#N)(N/C=C(/C(N)=O)C(N)=Nc3ccnc(F)c3)CC2)C1. The molecule has 1 saturated heterocycles. The molecule has 1 aromatic rings. The minimum atomic E-state index is -0.764. The molecule has 1 aromatic heterocycles. The number of nitrogens with zero attached hydrogens (tertiary/aromatic N) is 4. The summed E-state index contributed by atoms with van der Waals surface area (Å²) in [5.74, 6) is -1.04. The zero-order valence-electron chi connectivity index (χ0n) is 18.3. The van der Waals surface area contributed by atoms with Gasteiger partial charge in [0.15, 0.2) is 0 Å². The summed E-state index contributed by atoms with van der Waals surface area (Å²) in [6, 6.07) is 4.82. The highest BCUT2D eigenvalue weighted by Crippen LogP contribution is 2.35. The van der Waals surface area contributed by atoms with E-state index in [4.69, 9.17) is 16.2 Å². The Labute approximate surface area is 187 Å². The monoisotopic (exact) mass is 443 g/mol. The number of rotatable bonds is 9. The molecule has 3 rings (SSSR count). The minimum absolute atomic E-state index is 0.0205. The molecule has 32 heavy (non-hydrogen) atoms. The Bertz CT molecular complexity index is 913. The lowest BCUT2D eigenvalue weighted by atomic mass is 9.74. The normalized spacial score (nSPS) is 25.1. The van der Waals surface area contributed by atoms with E-state index in [9.17, 15) is 14.4 Å². The average Bonchev–Trinajstić information content (AvgIpc) is 2.72. The van der Waals surface area contributed by atoms with Crippen LogP contribution in [0.2, 0.25) is 0 Å². The maximum Gasteiger partial charge on any atom is 0.253 e. The lowest BCUT2D eigenvalue weighted by Gasteiger charge is -2.44. The van der Waals surface area contributed by atoms with Crippen LogP contribution in [0.3, 0.4) is 0 Å². The van der Waals surface area contributed by atoms with Crippen molar-refractivity contribution in [2.75, 3.05) is 26.7 Å². The number of methoxy groups -OCH3 is 1. The zero-order valence-corrected chi connectivity index (χ0v) is 18.3. The van der Waals surface area contributed by atoms with Crippen molar-refractivity contribution in [3.63, 3.8) is 0 Å². The molecule has 2 fully saturated rings. The number of hydrogen-bond acceptors (Lipinski definition) is 7. The van der Waals surface area contributed by atoms with E-state index in [2.05, 4.69) is 26.3 Å². The van der Waals surface area contributed by atoms with Crippen LogP contribution in [0.1, 0.15) is 32.1 Å². The van der Waals surface area contributed by atoms with Gasteiger partial charge in [-0.15, -0.1) is 0 Å². The minimum Gasteiger partial charge on any atom is -0.384 e. The summed E-state index contributed by atoms with van der Waals surface area (Å²) in [5.41, 5.74) is 11.2. The number of halogens is 1. The molecule has 0 radical (unpaired) electrons. The highest BCUT2D eigenvalue weighted by atomic mass is 19.1. The van der Waals surface area contributed by atoms with Crippen LogP contribution in [0.25, 0.3) is 0 Å². The van der Waals surface area contributed by atoms with E-state index in [1.54, 1.807) is 7.11 Å². The van der Waals surface area contributed by atoms with Crippen LogP contribution in [0.5, 0.6) is 0 Å². The predicted octanol–water partition coefficient (Wildman–Crippen LogP) is 1.34. The van der Waals surface area contributed by atoms with Gasteiger partial charge in [0.25, 0.3) is 5.91 Å². The van der Waals surface area contributed by atoms with Gasteiger partial charge in [-0.25, -0.2) is 9.98 Å². The number of nitriles is 1. The Morgan fingerprint density at radius 1 is 1.47 bits per heavy atom. The summed E-state index contributed by atoms with van der Waals surface area (Å²) >= 11 is 0. The molecule has 0 spiro atoms. The number of likely N-dealkylation sites (tertiary alicyclic amines) is 1. The second-order valence-electron chi connectivity index (χ2n) is 8.54. The highest BCUT2D eigenvalue weighted by Gasteiger charge is 2.37. The lowest BCUT2D eigenvalue weighted by molar-refractivity contribution is -0.114. The first-order valence-corrected chi connectivity index (χ1v) is 10.7. The van der Waals surface area contributed by atoms with Crippen molar-refractivity contribution in [1.82, 2.24) is 15.2 Å². The molecular formula is C22H30FN7O2. The summed E-state index contributed by atoms with van der Waals surface area (Å²) < 4.78 is 18.6. The fraction of sp³-hybridized carbons (Fsp3) is 0.545. The number of hydrogen-bond donors (Lipinski definition) is 3. The summed E-state index contributed by atoms with van der Waals surface area (Å²) in [5, 5.41) is 12.6. The maximum atomic E-state index is 13.3. The first kappa shape index (κ1) is 23.6. The molecule has 0 aromatic carbocycles. The van der Waals surface area contributed by atoms with E-state index in [1.165, 1.54) is 18.5 Å². The predicted molar refractivity (Wildman–Crippen MR) is 118 cm³/mol. The van der Waals surface area contributed by atoms with E-state index in [0.29, 0.717) is 18.4 Å². The van der Waals surface area contributed by atoms with E-state index < -0.39 is 17.4 Å². The number of amides is 1. The molecule has 1 aliphatic carbocycles. The number of pyridine rings is 1. The lowest BCUT2D eigenvalue weighted by Crippen LogP contribution is -2.54. The Hall–Kier alpha value is -3.03. The van der Waals surface area contributed by atoms with E-state index in [-0.39, 0.29) is 17.1 Å². The molecule has 1 saturated carbocycles. The van der Waals surface area contributed by atoms with Gasteiger partial charge in [-0.2, -0.15) is 9.65 Å². The second-order valence-corrected chi connectivity index (χ2v) is 8.54. The maximum absolute atomic E-state index is 13.3. The van der Waals surface area contributed by atoms with Gasteiger partial charge < -0.3 is 21.5 Å². The van der Waals surface area contributed by atoms with Crippen molar-refractivity contribution in [2.45, 2.75) is 43.7 Å². The van der Waals surface area contributed by atoms with Crippen LogP contribution in [0.4, 0.5) is 10.1 Å². The van der Waals surface area contributed by atoms with Crippen molar-refractivity contribution in [3.8, 4) is 6.07 Å². The van der Waals surface area contributed by atoms with Crippen molar-refractivity contribution >= 4 is 17.4 Å². The molecule has 9 nitrogen and oxygen atoms in total. The first-order valence-electron chi connectivity index (χ1n) is 10.7. The number of nitrogens with one attached hydrogen (secondary N) is 1. The Morgan fingerprint density at radius 3 is 2.78 bits per heavy atom. The number of nitrogens with two attached hydrogens (primary N) is 2. The topological polar surface area (TPSA) is 143 Å². The van der Waals surface area contributed by atoms with E-state index in [0.717, 1.165) is 51.4 Å².